The highest BCUT2D eigenvalue weighted by atomic mass is 32.1. The number of rotatable bonds is 1. The average molecular weight is 166 g/mol. The van der Waals surface area contributed by atoms with Gasteiger partial charge < -0.3 is 5.43 Å². The third kappa shape index (κ3) is 1.43. The largest absolute Gasteiger partial charge is 0.310 e. The van der Waals surface area contributed by atoms with Gasteiger partial charge in [-0.15, -0.1) is 11.3 Å². The molecule has 0 spiro atoms. The SMILES string of the molecule is c1csc(C2=NNCCC2)c1. The van der Waals surface area contributed by atoms with Gasteiger partial charge in [0.15, 0.2) is 0 Å². The molecule has 0 bridgehead atoms. The van der Waals surface area contributed by atoms with E-state index in [2.05, 4.69) is 28.0 Å². The number of nitrogens with zero attached hydrogens (tertiary/aromatic N) is 1. The lowest BCUT2D eigenvalue weighted by molar-refractivity contribution is 0.663. The summed E-state index contributed by atoms with van der Waals surface area (Å²) < 4.78 is 0. The zero-order valence-electron chi connectivity index (χ0n) is 6.21. The number of nitrogens with one attached hydrogen (secondary N) is 1. The molecular weight excluding hydrogens is 156 g/mol. The van der Waals surface area contributed by atoms with E-state index in [0.717, 1.165) is 13.0 Å². The fourth-order valence-corrected chi connectivity index (χ4v) is 1.91. The van der Waals surface area contributed by atoms with Crippen molar-refractivity contribution in [2.45, 2.75) is 12.8 Å². The lowest BCUT2D eigenvalue weighted by atomic mass is 10.1. The van der Waals surface area contributed by atoms with E-state index in [1.165, 1.54) is 17.0 Å². The molecule has 1 N–H and O–H groups in total. The summed E-state index contributed by atoms with van der Waals surface area (Å²) in [5, 5.41) is 6.34. The second kappa shape index (κ2) is 3.05. The normalized spacial score (nSPS) is 17.3. The van der Waals surface area contributed by atoms with Crippen LogP contribution < -0.4 is 5.43 Å². The topological polar surface area (TPSA) is 24.4 Å². The summed E-state index contributed by atoms with van der Waals surface area (Å²) in [5.41, 5.74) is 4.23. The van der Waals surface area contributed by atoms with E-state index in [1.54, 1.807) is 11.3 Å². The minimum Gasteiger partial charge on any atom is -0.310 e. The van der Waals surface area contributed by atoms with E-state index in [0.29, 0.717) is 0 Å². The van der Waals surface area contributed by atoms with Crippen LogP contribution in [0.4, 0.5) is 0 Å². The van der Waals surface area contributed by atoms with Gasteiger partial charge in [0.05, 0.1) is 10.6 Å². The molecule has 1 aromatic rings. The maximum atomic E-state index is 4.25. The summed E-state index contributed by atoms with van der Waals surface area (Å²) in [6.07, 6.45) is 2.32. The number of thiophene rings is 1. The molecule has 0 radical (unpaired) electrons. The Hall–Kier alpha value is -0.830. The van der Waals surface area contributed by atoms with Crippen LogP contribution in [0.5, 0.6) is 0 Å². The van der Waals surface area contributed by atoms with Gasteiger partial charge in [0, 0.05) is 6.54 Å². The van der Waals surface area contributed by atoms with Crippen LogP contribution in [-0.2, 0) is 0 Å². The zero-order valence-corrected chi connectivity index (χ0v) is 7.03. The Morgan fingerprint density at radius 3 is 3.18 bits per heavy atom. The fraction of sp³-hybridized carbons (Fsp3) is 0.375. The van der Waals surface area contributed by atoms with Gasteiger partial charge in [-0.05, 0) is 24.3 Å². The molecule has 0 saturated heterocycles. The van der Waals surface area contributed by atoms with Crippen molar-refractivity contribution in [1.29, 1.82) is 0 Å². The predicted molar refractivity (Wildman–Crippen MR) is 48.1 cm³/mol. The van der Waals surface area contributed by atoms with Crippen molar-refractivity contribution in [2.24, 2.45) is 5.10 Å². The van der Waals surface area contributed by atoms with Gasteiger partial charge >= 0.3 is 0 Å². The van der Waals surface area contributed by atoms with Crippen LogP contribution in [0, 0.1) is 0 Å². The lowest BCUT2D eigenvalue weighted by Gasteiger charge is -2.10. The van der Waals surface area contributed by atoms with Crippen molar-refractivity contribution in [1.82, 2.24) is 5.43 Å². The second-order valence-corrected chi connectivity index (χ2v) is 3.50. The highest BCUT2D eigenvalue weighted by molar-refractivity contribution is 7.12. The first-order valence-electron chi connectivity index (χ1n) is 3.80. The van der Waals surface area contributed by atoms with E-state index in [4.69, 9.17) is 0 Å². The third-order valence-corrected chi connectivity index (χ3v) is 2.64. The molecule has 0 fully saturated rings. The Balaban J connectivity index is 2.22. The van der Waals surface area contributed by atoms with Crippen LogP contribution in [0.25, 0.3) is 0 Å². The summed E-state index contributed by atoms with van der Waals surface area (Å²) in [7, 11) is 0. The molecule has 0 amide bonds. The maximum absolute atomic E-state index is 4.25. The van der Waals surface area contributed by atoms with Crippen LogP contribution in [0.1, 0.15) is 17.7 Å². The Labute approximate surface area is 69.9 Å². The molecule has 58 valence electrons. The maximum Gasteiger partial charge on any atom is 0.0775 e. The molecule has 0 saturated carbocycles. The van der Waals surface area contributed by atoms with Crippen molar-refractivity contribution in [3.05, 3.63) is 22.4 Å². The lowest BCUT2D eigenvalue weighted by Crippen LogP contribution is -2.18. The molecule has 1 aliphatic rings. The summed E-state index contributed by atoms with van der Waals surface area (Å²) in [6, 6.07) is 4.19. The van der Waals surface area contributed by atoms with Gasteiger partial charge in [0.1, 0.15) is 0 Å². The second-order valence-electron chi connectivity index (χ2n) is 2.55. The summed E-state index contributed by atoms with van der Waals surface area (Å²) >= 11 is 1.76. The molecule has 3 heteroatoms. The Kier molecular flexibility index (Phi) is 1.90. The zero-order chi connectivity index (χ0) is 7.52. The standard InChI is InChI=1S/C8H10N2S/c1-3-7(10-9-5-1)8-4-2-6-11-8/h2,4,6,9H,1,3,5H2. The van der Waals surface area contributed by atoms with E-state index in [-0.39, 0.29) is 0 Å². The molecule has 0 atom stereocenters. The predicted octanol–water partition coefficient (Wildman–Crippen LogP) is 1.84. The first kappa shape index (κ1) is 6.85. The molecule has 2 heterocycles. The van der Waals surface area contributed by atoms with Crippen LogP contribution in [0.2, 0.25) is 0 Å². The molecule has 0 unspecified atom stereocenters. The molecule has 0 aromatic carbocycles. The molecule has 2 rings (SSSR count). The molecular formula is C8H10N2S. The van der Waals surface area contributed by atoms with Crippen molar-refractivity contribution in [2.75, 3.05) is 6.54 Å². The van der Waals surface area contributed by atoms with E-state index >= 15 is 0 Å². The Morgan fingerprint density at radius 1 is 1.55 bits per heavy atom. The van der Waals surface area contributed by atoms with Gasteiger partial charge in [0.2, 0.25) is 0 Å². The first-order chi connectivity index (χ1) is 5.47. The average Bonchev–Trinajstić information content (AvgIpc) is 2.58. The molecule has 0 aliphatic carbocycles. The van der Waals surface area contributed by atoms with Crippen LogP contribution >= 0.6 is 11.3 Å². The summed E-state index contributed by atoms with van der Waals surface area (Å²) in [5.74, 6) is 0. The van der Waals surface area contributed by atoms with Crippen LogP contribution in [-0.4, -0.2) is 12.3 Å². The molecule has 2 nitrogen and oxygen atoms in total. The summed E-state index contributed by atoms with van der Waals surface area (Å²) in [6.45, 7) is 1.02. The number of hydrogen-bond donors (Lipinski definition) is 1. The monoisotopic (exact) mass is 166 g/mol. The molecule has 1 aliphatic heterocycles. The highest BCUT2D eigenvalue weighted by Crippen LogP contribution is 2.14. The van der Waals surface area contributed by atoms with Crippen molar-refractivity contribution < 1.29 is 0 Å². The summed E-state index contributed by atoms with van der Waals surface area (Å²) in [4.78, 5) is 1.30. The first-order valence-corrected chi connectivity index (χ1v) is 4.68. The van der Waals surface area contributed by atoms with E-state index in [1.807, 2.05) is 0 Å². The molecule has 1 aromatic heterocycles. The van der Waals surface area contributed by atoms with Crippen LogP contribution in [0.15, 0.2) is 22.6 Å². The van der Waals surface area contributed by atoms with Crippen LogP contribution in [0.3, 0.4) is 0 Å². The van der Waals surface area contributed by atoms with Crippen molar-refractivity contribution in [3.63, 3.8) is 0 Å². The number of hydrazone groups is 1. The van der Waals surface area contributed by atoms with Gasteiger partial charge in [-0.2, -0.15) is 5.10 Å². The van der Waals surface area contributed by atoms with E-state index < -0.39 is 0 Å². The number of hydrogen-bond acceptors (Lipinski definition) is 3. The minimum atomic E-state index is 1.02. The van der Waals surface area contributed by atoms with Gasteiger partial charge in [-0.3, -0.25) is 0 Å². The van der Waals surface area contributed by atoms with E-state index in [9.17, 15) is 0 Å². The highest BCUT2D eigenvalue weighted by Gasteiger charge is 2.07. The van der Waals surface area contributed by atoms with Gasteiger partial charge in [-0.25, -0.2) is 0 Å². The van der Waals surface area contributed by atoms with Gasteiger partial charge in [-0.1, -0.05) is 6.07 Å². The Bertz CT molecular complexity index is 251. The molecule has 11 heavy (non-hydrogen) atoms. The van der Waals surface area contributed by atoms with Gasteiger partial charge in [0.25, 0.3) is 0 Å². The van der Waals surface area contributed by atoms with Crippen molar-refractivity contribution >= 4 is 17.0 Å². The Morgan fingerprint density at radius 2 is 2.55 bits per heavy atom. The van der Waals surface area contributed by atoms with Crippen molar-refractivity contribution in [3.8, 4) is 0 Å². The quantitative estimate of drug-likeness (QED) is 0.676. The third-order valence-electron chi connectivity index (χ3n) is 1.72. The smallest absolute Gasteiger partial charge is 0.0775 e. The fourth-order valence-electron chi connectivity index (χ4n) is 1.16. The minimum absolute atomic E-state index is 1.02.